The Balaban J connectivity index is 2.03. The topological polar surface area (TPSA) is 116 Å². The van der Waals surface area contributed by atoms with Crippen molar-refractivity contribution >= 4 is 50.4 Å². The van der Waals surface area contributed by atoms with Crippen molar-refractivity contribution in [2.24, 2.45) is 11.1 Å². The van der Waals surface area contributed by atoms with E-state index in [0.717, 1.165) is 9.35 Å². The van der Waals surface area contributed by atoms with Crippen molar-refractivity contribution in [3.63, 3.8) is 0 Å². The number of nitro groups is 1. The first-order valence-electron chi connectivity index (χ1n) is 10.8. The summed E-state index contributed by atoms with van der Waals surface area (Å²) in [5.41, 5.74) is 7.92. The third-order valence-electron chi connectivity index (χ3n) is 5.93. The second-order valence-corrected chi connectivity index (χ2v) is 10.9. The molecular weight excluding hydrogens is 522 g/mol. The van der Waals surface area contributed by atoms with E-state index in [-0.39, 0.29) is 34.9 Å². The SMILES string of the molecule is CCOC(=O)C1=C(N)N(c2cccc([N+](=O)[O-])c2)C2=C(C(=O)CC(C)(C)C2)[C@@H]1c1cc(Br)cs1. The predicted octanol–water partition coefficient (Wildman–Crippen LogP) is 5.40. The van der Waals surface area contributed by atoms with Gasteiger partial charge < -0.3 is 10.5 Å². The van der Waals surface area contributed by atoms with Crippen molar-refractivity contribution < 1.29 is 19.2 Å². The van der Waals surface area contributed by atoms with E-state index in [1.54, 1.807) is 24.0 Å². The Kier molecular flexibility index (Phi) is 6.39. The van der Waals surface area contributed by atoms with Crippen LogP contribution < -0.4 is 10.6 Å². The molecule has 2 aromatic rings. The van der Waals surface area contributed by atoms with Gasteiger partial charge in [-0.2, -0.15) is 0 Å². The monoisotopic (exact) mass is 545 g/mol. The molecule has 2 heterocycles. The van der Waals surface area contributed by atoms with E-state index in [2.05, 4.69) is 15.9 Å². The highest BCUT2D eigenvalue weighted by Crippen LogP contribution is 2.51. The number of carbonyl (C=O) groups is 2. The molecule has 1 aliphatic carbocycles. The molecule has 10 heteroatoms. The molecule has 1 aromatic heterocycles. The summed E-state index contributed by atoms with van der Waals surface area (Å²) in [6.45, 7) is 5.83. The summed E-state index contributed by atoms with van der Waals surface area (Å²) < 4.78 is 6.19. The summed E-state index contributed by atoms with van der Waals surface area (Å²) in [5.74, 6) is -1.26. The number of nitro benzene ring substituents is 1. The average molecular weight is 546 g/mol. The van der Waals surface area contributed by atoms with E-state index in [9.17, 15) is 19.7 Å². The summed E-state index contributed by atoms with van der Waals surface area (Å²) in [5, 5.41) is 13.3. The molecule has 0 saturated heterocycles. The number of nitrogens with two attached hydrogens (primary N) is 1. The van der Waals surface area contributed by atoms with Crippen molar-refractivity contribution in [2.75, 3.05) is 11.5 Å². The van der Waals surface area contributed by atoms with Crippen LogP contribution in [0.5, 0.6) is 0 Å². The molecule has 2 aliphatic rings. The van der Waals surface area contributed by atoms with Gasteiger partial charge >= 0.3 is 5.97 Å². The van der Waals surface area contributed by atoms with E-state index >= 15 is 0 Å². The zero-order chi connectivity index (χ0) is 24.8. The molecule has 0 radical (unpaired) electrons. The quantitative estimate of drug-likeness (QED) is 0.303. The number of allylic oxidation sites excluding steroid dienone is 2. The Bertz CT molecular complexity index is 1260. The molecule has 34 heavy (non-hydrogen) atoms. The van der Waals surface area contributed by atoms with Crippen LogP contribution in [-0.4, -0.2) is 23.3 Å². The Labute approximate surface area is 209 Å². The average Bonchev–Trinajstić information content (AvgIpc) is 3.18. The molecule has 2 N–H and O–H groups in total. The molecule has 0 bridgehead atoms. The molecule has 1 aromatic carbocycles. The van der Waals surface area contributed by atoms with E-state index in [0.29, 0.717) is 29.8 Å². The molecule has 0 saturated carbocycles. The summed E-state index contributed by atoms with van der Waals surface area (Å²) >= 11 is 4.88. The Morgan fingerprint density at radius 2 is 2.09 bits per heavy atom. The first-order chi connectivity index (χ1) is 16.0. The fourth-order valence-electron chi connectivity index (χ4n) is 4.62. The van der Waals surface area contributed by atoms with E-state index in [4.69, 9.17) is 10.5 Å². The largest absolute Gasteiger partial charge is 0.463 e. The van der Waals surface area contributed by atoms with E-state index in [1.165, 1.54) is 23.5 Å². The first kappa shape index (κ1) is 24.2. The van der Waals surface area contributed by atoms with Crippen molar-refractivity contribution in [1.82, 2.24) is 0 Å². The van der Waals surface area contributed by atoms with Crippen molar-refractivity contribution in [3.05, 3.63) is 77.8 Å². The van der Waals surface area contributed by atoms with Crippen LogP contribution in [0.15, 0.2) is 62.8 Å². The smallest absolute Gasteiger partial charge is 0.338 e. The van der Waals surface area contributed by atoms with Gasteiger partial charge in [0.05, 0.1) is 28.7 Å². The number of esters is 1. The number of ketones is 1. The van der Waals surface area contributed by atoms with Crippen molar-refractivity contribution in [3.8, 4) is 0 Å². The highest BCUT2D eigenvalue weighted by atomic mass is 79.9. The van der Waals surface area contributed by atoms with Crippen molar-refractivity contribution in [1.29, 1.82) is 0 Å². The van der Waals surface area contributed by atoms with E-state index in [1.807, 2.05) is 25.3 Å². The minimum atomic E-state index is -0.677. The zero-order valence-electron chi connectivity index (χ0n) is 19.0. The molecule has 0 amide bonds. The van der Waals surface area contributed by atoms with Crippen LogP contribution in [0.4, 0.5) is 11.4 Å². The molecular formula is C24H24BrN3O5S. The number of rotatable bonds is 5. The van der Waals surface area contributed by atoms with Gasteiger partial charge in [-0.15, -0.1) is 11.3 Å². The summed E-state index contributed by atoms with van der Waals surface area (Å²) in [7, 11) is 0. The molecule has 1 atom stereocenters. The van der Waals surface area contributed by atoms with Crippen molar-refractivity contribution in [2.45, 2.75) is 39.5 Å². The summed E-state index contributed by atoms with van der Waals surface area (Å²) in [4.78, 5) is 40.2. The third-order valence-corrected chi connectivity index (χ3v) is 7.69. The van der Waals surface area contributed by atoms with Gasteiger partial charge in [-0.1, -0.05) is 19.9 Å². The van der Waals surface area contributed by atoms with E-state index < -0.39 is 16.8 Å². The number of anilines is 1. The standard InChI is InChI=1S/C24H24BrN3O5S/c1-4-33-23(30)21-20(18-8-13(25)12-34-18)19-16(10-24(2,3)11-17(19)29)27(22(21)26)14-6-5-7-15(9-14)28(31)32/h5-9,12,20H,4,10-11,26H2,1-3H3/t20-/m0/s1. The molecule has 0 unspecified atom stereocenters. The number of ether oxygens (including phenoxy) is 1. The van der Waals surface area contributed by atoms with Crippen LogP contribution in [0, 0.1) is 15.5 Å². The van der Waals surface area contributed by atoms with Gasteiger partial charge in [0.25, 0.3) is 5.69 Å². The molecule has 0 spiro atoms. The van der Waals surface area contributed by atoms with Gasteiger partial charge in [-0.25, -0.2) is 4.79 Å². The highest BCUT2D eigenvalue weighted by molar-refractivity contribution is 9.10. The van der Waals surface area contributed by atoms with Gasteiger partial charge in [-0.05, 0) is 46.8 Å². The van der Waals surface area contributed by atoms with Crippen LogP contribution in [0.25, 0.3) is 0 Å². The summed E-state index contributed by atoms with van der Waals surface area (Å²) in [6.07, 6.45) is 0.824. The maximum Gasteiger partial charge on any atom is 0.338 e. The Morgan fingerprint density at radius 1 is 1.35 bits per heavy atom. The highest BCUT2D eigenvalue weighted by Gasteiger charge is 2.47. The van der Waals surface area contributed by atoms with Gasteiger partial charge in [0.1, 0.15) is 5.82 Å². The fraction of sp³-hybridized carbons (Fsp3) is 0.333. The minimum absolute atomic E-state index is 0.0782. The number of benzene rings is 1. The molecule has 178 valence electrons. The van der Waals surface area contributed by atoms with Crippen LogP contribution >= 0.6 is 27.3 Å². The maximum atomic E-state index is 13.6. The number of hydrogen-bond donors (Lipinski definition) is 1. The van der Waals surface area contributed by atoms with Gasteiger partial charge in [0.2, 0.25) is 0 Å². The normalized spacial score (nSPS) is 19.8. The number of carbonyl (C=O) groups excluding carboxylic acids is 2. The Hall–Kier alpha value is -2.98. The lowest BCUT2D eigenvalue weighted by molar-refractivity contribution is -0.384. The first-order valence-corrected chi connectivity index (χ1v) is 12.4. The maximum absolute atomic E-state index is 13.6. The van der Waals surface area contributed by atoms with Crippen LogP contribution in [0.1, 0.15) is 44.4 Å². The number of halogens is 1. The zero-order valence-corrected chi connectivity index (χ0v) is 21.4. The van der Waals surface area contributed by atoms with Gasteiger partial charge in [0.15, 0.2) is 5.78 Å². The lowest BCUT2D eigenvalue weighted by Gasteiger charge is -2.44. The lowest BCUT2D eigenvalue weighted by atomic mass is 9.69. The van der Waals surface area contributed by atoms with Crippen LogP contribution in [0.3, 0.4) is 0 Å². The third kappa shape index (κ3) is 4.27. The number of thiophene rings is 1. The summed E-state index contributed by atoms with van der Waals surface area (Å²) in [6, 6.07) is 7.90. The number of hydrogen-bond acceptors (Lipinski definition) is 8. The number of Topliss-reactive ketones (excluding diaryl/α,β-unsaturated/α-hetero) is 1. The van der Waals surface area contributed by atoms with Gasteiger partial charge in [-0.3, -0.25) is 19.8 Å². The van der Waals surface area contributed by atoms with Crippen LogP contribution in [0.2, 0.25) is 0 Å². The molecule has 1 aliphatic heterocycles. The number of non-ortho nitro benzene ring substituents is 1. The lowest BCUT2D eigenvalue weighted by Crippen LogP contribution is -2.43. The number of nitrogens with zero attached hydrogens (tertiary/aromatic N) is 2. The molecule has 8 nitrogen and oxygen atoms in total. The molecule has 4 rings (SSSR count). The fourth-order valence-corrected chi connectivity index (χ4v) is 6.19. The van der Waals surface area contributed by atoms with Crippen LogP contribution in [-0.2, 0) is 14.3 Å². The second-order valence-electron chi connectivity index (χ2n) is 9.03. The Morgan fingerprint density at radius 3 is 2.71 bits per heavy atom. The second kappa shape index (κ2) is 8.99. The minimum Gasteiger partial charge on any atom is -0.463 e. The molecule has 0 fully saturated rings. The predicted molar refractivity (Wildman–Crippen MR) is 133 cm³/mol. The van der Waals surface area contributed by atoms with Gasteiger partial charge in [0, 0.05) is 44.6 Å².